The van der Waals surface area contributed by atoms with E-state index >= 15 is 0 Å². The van der Waals surface area contributed by atoms with Crippen molar-refractivity contribution < 1.29 is 18.3 Å². The summed E-state index contributed by atoms with van der Waals surface area (Å²) in [6.07, 6.45) is -1.50. The average molecular weight is 242 g/mol. The zero-order valence-electron chi connectivity index (χ0n) is 9.22. The Kier molecular flexibility index (Phi) is 1.99. The number of alkyl halides is 3. The van der Waals surface area contributed by atoms with E-state index in [1.165, 1.54) is 0 Å². The second-order valence-electron chi connectivity index (χ2n) is 5.54. The number of hydrogen-bond donors (Lipinski definition) is 1. The quantitative estimate of drug-likeness (QED) is 0.844. The molecule has 0 heterocycles. The van der Waals surface area contributed by atoms with Gasteiger partial charge in [-0.15, -0.1) is 0 Å². The highest BCUT2D eigenvalue weighted by Gasteiger charge is 2.67. The van der Waals surface area contributed by atoms with Gasteiger partial charge in [-0.05, 0) is 47.8 Å². The van der Waals surface area contributed by atoms with Crippen molar-refractivity contribution in [3.05, 3.63) is 35.4 Å². The predicted octanol–water partition coefficient (Wildman–Crippen LogP) is 3.12. The fourth-order valence-electron chi connectivity index (χ4n) is 3.48. The summed E-state index contributed by atoms with van der Waals surface area (Å²) in [6, 6.07) is 5.48. The maximum atomic E-state index is 12.4. The van der Waals surface area contributed by atoms with Crippen LogP contribution in [0.1, 0.15) is 30.4 Å². The van der Waals surface area contributed by atoms with Crippen molar-refractivity contribution in [1.82, 2.24) is 0 Å². The van der Waals surface area contributed by atoms with Gasteiger partial charge in [-0.2, -0.15) is 13.2 Å². The van der Waals surface area contributed by atoms with Crippen LogP contribution in [0.25, 0.3) is 0 Å². The van der Waals surface area contributed by atoms with E-state index in [1.54, 1.807) is 12.1 Å². The highest BCUT2D eigenvalue weighted by molar-refractivity contribution is 5.40. The van der Waals surface area contributed by atoms with Gasteiger partial charge in [-0.1, -0.05) is 12.1 Å². The molecule has 0 aromatic heterocycles. The zero-order valence-corrected chi connectivity index (χ0v) is 9.22. The molecule has 1 aromatic carbocycles. The maximum Gasteiger partial charge on any atom is 0.416 e. The molecular formula is C13H13F3O. The van der Waals surface area contributed by atoms with E-state index < -0.39 is 11.7 Å². The SMILES string of the molecule is OCC12CC(c3ccc(C(F)(F)F)cc3)(C1)C2. The summed E-state index contributed by atoms with van der Waals surface area (Å²) in [6.45, 7) is 0.204. The van der Waals surface area contributed by atoms with Gasteiger partial charge in [0.05, 0.1) is 5.56 Å². The van der Waals surface area contributed by atoms with Gasteiger partial charge < -0.3 is 5.11 Å². The van der Waals surface area contributed by atoms with Gasteiger partial charge in [-0.25, -0.2) is 0 Å². The molecule has 1 nitrogen and oxygen atoms in total. The summed E-state index contributed by atoms with van der Waals surface area (Å²) in [4.78, 5) is 0. The smallest absolute Gasteiger partial charge is 0.396 e. The summed E-state index contributed by atoms with van der Waals surface area (Å²) in [7, 11) is 0. The third-order valence-corrected chi connectivity index (χ3v) is 4.30. The van der Waals surface area contributed by atoms with Gasteiger partial charge in [-0.3, -0.25) is 0 Å². The number of halogens is 3. The third-order valence-electron chi connectivity index (χ3n) is 4.30. The lowest BCUT2D eigenvalue weighted by Crippen LogP contribution is -2.66. The number of aliphatic hydroxyl groups is 1. The average Bonchev–Trinajstić information content (AvgIpc) is 2.14. The highest BCUT2D eigenvalue weighted by atomic mass is 19.4. The van der Waals surface area contributed by atoms with Gasteiger partial charge in [0.2, 0.25) is 0 Å². The number of benzene rings is 1. The molecule has 2 bridgehead atoms. The van der Waals surface area contributed by atoms with Crippen LogP contribution in [0.4, 0.5) is 13.2 Å². The lowest BCUT2D eigenvalue weighted by Gasteiger charge is -2.70. The molecule has 3 fully saturated rings. The molecule has 92 valence electrons. The molecule has 17 heavy (non-hydrogen) atoms. The number of rotatable bonds is 2. The van der Waals surface area contributed by atoms with Crippen LogP contribution in [0.15, 0.2) is 24.3 Å². The van der Waals surface area contributed by atoms with Crippen molar-refractivity contribution in [2.24, 2.45) is 5.41 Å². The molecule has 0 spiro atoms. The van der Waals surface area contributed by atoms with Gasteiger partial charge in [0, 0.05) is 6.61 Å². The zero-order chi connectivity index (χ0) is 12.3. The van der Waals surface area contributed by atoms with Crippen LogP contribution in [-0.4, -0.2) is 11.7 Å². The number of aliphatic hydroxyl groups excluding tert-OH is 1. The molecule has 0 unspecified atom stereocenters. The third kappa shape index (κ3) is 1.43. The Labute approximate surface area is 97.3 Å². The van der Waals surface area contributed by atoms with Crippen LogP contribution >= 0.6 is 0 Å². The summed E-state index contributed by atoms with van der Waals surface area (Å²) in [5.41, 5.74) is 0.542. The summed E-state index contributed by atoms with van der Waals surface area (Å²) < 4.78 is 37.2. The van der Waals surface area contributed by atoms with E-state index in [4.69, 9.17) is 5.11 Å². The molecular weight excluding hydrogens is 229 g/mol. The van der Waals surface area contributed by atoms with Crippen LogP contribution in [0.2, 0.25) is 0 Å². The minimum atomic E-state index is -4.26. The second-order valence-corrected chi connectivity index (χ2v) is 5.54. The molecule has 0 atom stereocenters. The lowest BCUT2D eigenvalue weighted by atomic mass is 9.34. The first-order valence-electron chi connectivity index (χ1n) is 5.68. The topological polar surface area (TPSA) is 20.2 Å². The first kappa shape index (κ1) is 11.1. The fourth-order valence-corrected chi connectivity index (χ4v) is 3.48. The lowest BCUT2D eigenvalue weighted by molar-refractivity contribution is -0.168. The standard InChI is InChI=1S/C13H13F3O/c14-13(15,16)10-3-1-9(2-4-10)12-5-11(6-12,7-12)8-17/h1-4,17H,5-8H2. The maximum absolute atomic E-state index is 12.4. The minimum Gasteiger partial charge on any atom is -0.396 e. The Morgan fingerprint density at radius 2 is 1.59 bits per heavy atom. The molecule has 4 heteroatoms. The van der Waals surface area contributed by atoms with Crippen molar-refractivity contribution >= 4 is 0 Å². The van der Waals surface area contributed by atoms with E-state index in [0.717, 1.165) is 37.0 Å². The summed E-state index contributed by atoms with van der Waals surface area (Å²) >= 11 is 0. The molecule has 3 aliphatic carbocycles. The Balaban J connectivity index is 1.79. The largest absolute Gasteiger partial charge is 0.416 e. The summed E-state index contributed by atoms with van der Waals surface area (Å²) in [5.74, 6) is 0. The second kappa shape index (κ2) is 3.05. The van der Waals surface area contributed by atoms with E-state index in [2.05, 4.69) is 0 Å². The van der Waals surface area contributed by atoms with Crippen molar-refractivity contribution in [3.63, 3.8) is 0 Å². The Morgan fingerprint density at radius 3 is 2.00 bits per heavy atom. The molecule has 0 saturated heterocycles. The van der Waals surface area contributed by atoms with Gasteiger partial charge in [0.15, 0.2) is 0 Å². The van der Waals surface area contributed by atoms with Crippen LogP contribution in [0.3, 0.4) is 0 Å². The molecule has 3 aliphatic rings. The molecule has 0 aliphatic heterocycles. The van der Waals surface area contributed by atoms with Gasteiger partial charge in [0.1, 0.15) is 0 Å². The molecule has 1 aromatic rings. The van der Waals surface area contributed by atoms with Crippen molar-refractivity contribution in [3.8, 4) is 0 Å². The molecule has 1 N–H and O–H groups in total. The first-order chi connectivity index (χ1) is 7.89. The van der Waals surface area contributed by atoms with Crippen molar-refractivity contribution in [2.45, 2.75) is 30.9 Å². The molecule has 3 saturated carbocycles. The van der Waals surface area contributed by atoms with Crippen LogP contribution in [0.5, 0.6) is 0 Å². The monoisotopic (exact) mass is 242 g/mol. The highest BCUT2D eigenvalue weighted by Crippen LogP contribution is 2.73. The van der Waals surface area contributed by atoms with Crippen LogP contribution in [-0.2, 0) is 11.6 Å². The predicted molar refractivity (Wildman–Crippen MR) is 56.5 cm³/mol. The molecule has 0 radical (unpaired) electrons. The van der Waals surface area contributed by atoms with Crippen molar-refractivity contribution in [1.29, 1.82) is 0 Å². The Hall–Kier alpha value is -1.03. The Morgan fingerprint density at radius 1 is 1.06 bits per heavy atom. The summed E-state index contributed by atoms with van der Waals surface area (Å²) in [5, 5.41) is 9.15. The van der Waals surface area contributed by atoms with Gasteiger partial charge in [0.25, 0.3) is 0 Å². The van der Waals surface area contributed by atoms with E-state index in [9.17, 15) is 13.2 Å². The van der Waals surface area contributed by atoms with E-state index in [1.807, 2.05) is 0 Å². The van der Waals surface area contributed by atoms with Crippen LogP contribution in [0, 0.1) is 5.41 Å². The molecule has 4 rings (SSSR count). The number of hydrogen-bond acceptors (Lipinski definition) is 1. The van der Waals surface area contributed by atoms with Crippen molar-refractivity contribution in [2.75, 3.05) is 6.61 Å². The first-order valence-corrected chi connectivity index (χ1v) is 5.68. The Bertz CT molecular complexity index is 427. The van der Waals surface area contributed by atoms with E-state index in [-0.39, 0.29) is 17.4 Å². The fraction of sp³-hybridized carbons (Fsp3) is 0.538. The van der Waals surface area contributed by atoms with Crippen LogP contribution < -0.4 is 0 Å². The minimum absolute atomic E-state index is 0.0624. The normalized spacial score (nSPS) is 35.1. The van der Waals surface area contributed by atoms with E-state index in [0.29, 0.717) is 0 Å². The molecule has 0 amide bonds. The van der Waals surface area contributed by atoms with Gasteiger partial charge >= 0.3 is 6.18 Å².